The second-order valence-electron chi connectivity index (χ2n) is 4.56. The number of benzene rings is 1. The molecule has 1 saturated heterocycles. The molecule has 0 unspecified atom stereocenters. The molecule has 2 nitrogen and oxygen atoms in total. The van der Waals surface area contributed by atoms with Crippen LogP contribution in [0.4, 0.5) is 0 Å². The van der Waals surface area contributed by atoms with E-state index in [9.17, 15) is 0 Å². The number of nitrogens with zero attached hydrogens (tertiary/aromatic N) is 1. The Bertz CT molecular complexity index is 533. The maximum atomic E-state index is 6.38. The highest BCUT2D eigenvalue weighted by Crippen LogP contribution is 2.35. The summed E-state index contributed by atoms with van der Waals surface area (Å²) in [6, 6.07) is 8.13. The summed E-state index contributed by atoms with van der Waals surface area (Å²) in [5.74, 6) is 0.544. The van der Waals surface area contributed by atoms with Crippen LogP contribution in [0, 0.1) is 0 Å². The molecule has 1 N–H and O–H groups in total. The zero-order valence-corrected chi connectivity index (χ0v) is 10.4. The predicted molar refractivity (Wildman–Crippen MR) is 71.6 cm³/mol. The summed E-state index contributed by atoms with van der Waals surface area (Å²) in [6.07, 6.45) is 4.15. The van der Waals surface area contributed by atoms with Gasteiger partial charge < -0.3 is 5.32 Å². The molecule has 2 heterocycles. The van der Waals surface area contributed by atoms with Gasteiger partial charge >= 0.3 is 0 Å². The van der Waals surface area contributed by atoms with Gasteiger partial charge in [0, 0.05) is 22.2 Å². The molecule has 0 bridgehead atoms. The third-order valence-electron chi connectivity index (χ3n) is 3.51. The Kier molecular flexibility index (Phi) is 3.00. The third-order valence-corrected chi connectivity index (χ3v) is 3.84. The number of halogens is 1. The predicted octanol–water partition coefficient (Wildman–Crippen LogP) is 3.36. The van der Waals surface area contributed by atoms with E-state index in [1.807, 2.05) is 18.3 Å². The molecular weight excluding hydrogens is 232 g/mol. The third kappa shape index (κ3) is 2.03. The van der Waals surface area contributed by atoms with Crippen molar-refractivity contribution in [3.05, 3.63) is 41.0 Å². The van der Waals surface area contributed by atoms with Gasteiger partial charge in [-0.3, -0.25) is 4.98 Å². The van der Waals surface area contributed by atoms with Crippen LogP contribution in [0.2, 0.25) is 5.02 Å². The quantitative estimate of drug-likeness (QED) is 0.835. The zero-order valence-electron chi connectivity index (χ0n) is 9.62. The number of fused-ring (bicyclic) bond motifs is 1. The molecule has 1 aliphatic rings. The number of nitrogens with one attached hydrogen (secondary N) is 1. The SMILES string of the molecule is Clc1ccc2cccnc2c1C1CCNCC1. The molecule has 2 aromatic rings. The molecule has 1 aromatic carbocycles. The van der Waals surface area contributed by atoms with Crippen molar-refractivity contribution in [1.29, 1.82) is 0 Å². The molecule has 0 atom stereocenters. The summed E-state index contributed by atoms with van der Waals surface area (Å²) >= 11 is 6.38. The van der Waals surface area contributed by atoms with Gasteiger partial charge in [-0.25, -0.2) is 0 Å². The lowest BCUT2D eigenvalue weighted by atomic mass is 9.88. The second-order valence-corrected chi connectivity index (χ2v) is 4.97. The van der Waals surface area contributed by atoms with Crippen molar-refractivity contribution in [2.75, 3.05) is 13.1 Å². The maximum Gasteiger partial charge on any atom is 0.0751 e. The van der Waals surface area contributed by atoms with Crippen molar-refractivity contribution in [1.82, 2.24) is 10.3 Å². The number of pyridine rings is 1. The molecule has 0 spiro atoms. The first-order valence-corrected chi connectivity index (χ1v) is 6.48. The highest BCUT2D eigenvalue weighted by Gasteiger charge is 2.20. The molecule has 1 aromatic heterocycles. The first-order valence-electron chi connectivity index (χ1n) is 6.10. The molecular formula is C14H15ClN2. The van der Waals surface area contributed by atoms with Crippen molar-refractivity contribution in [3.63, 3.8) is 0 Å². The maximum absolute atomic E-state index is 6.38. The minimum atomic E-state index is 0.544. The molecule has 1 aliphatic heterocycles. The largest absolute Gasteiger partial charge is 0.317 e. The minimum Gasteiger partial charge on any atom is -0.317 e. The molecule has 88 valence electrons. The Hall–Kier alpha value is -1.12. The highest BCUT2D eigenvalue weighted by atomic mass is 35.5. The van der Waals surface area contributed by atoms with Gasteiger partial charge in [0.15, 0.2) is 0 Å². The van der Waals surface area contributed by atoms with E-state index in [0.717, 1.165) is 36.5 Å². The molecule has 0 radical (unpaired) electrons. The van der Waals surface area contributed by atoms with Crippen LogP contribution < -0.4 is 5.32 Å². The van der Waals surface area contributed by atoms with Crippen molar-refractivity contribution in [3.8, 4) is 0 Å². The van der Waals surface area contributed by atoms with Crippen LogP contribution >= 0.6 is 11.6 Å². The smallest absolute Gasteiger partial charge is 0.0751 e. The van der Waals surface area contributed by atoms with Gasteiger partial charge in [0.05, 0.1) is 5.52 Å². The first kappa shape index (κ1) is 11.0. The van der Waals surface area contributed by atoms with Gasteiger partial charge in [0.2, 0.25) is 0 Å². The topological polar surface area (TPSA) is 24.9 Å². The van der Waals surface area contributed by atoms with E-state index in [1.54, 1.807) is 0 Å². The van der Waals surface area contributed by atoms with Gasteiger partial charge in [-0.15, -0.1) is 0 Å². The van der Waals surface area contributed by atoms with Crippen molar-refractivity contribution < 1.29 is 0 Å². The summed E-state index contributed by atoms with van der Waals surface area (Å²) in [5.41, 5.74) is 2.32. The van der Waals surface area contributed by atoms with Crippen LogP contribution in [0.15, 0.2) is 30.5 Å². The monoisotopic (exact) mass is 246 g/mol. The molecule has 17 heavy (non-hydrogen) atoms. The lowest BCUT2D eigenvalue weighted by Crippen LogP contribution is -2.26. The van der Waals surface area contributed by atoms with Crippen LogP contribution in [0.3, 0.4) is 0 Å². The molecule has 0 amide bonds. The molecule has 3 heteroatoms. The van der Waals surface area contributed by atoms with Crippen LogP contribution in [0.1, 0.15) is 24.3 Å². The minimum absolute atomic E-state index is 0.544. The Morgan fingerprint density at radius 1 is 1.18 bits per heavy atom. The molecule has 0 aliphatic carbocycles. The summed E-state index contributed by atoms with van der Waals surface area (Å²) in [4.78, 5) is 4.51. The zero-order chi connectivity index (χ0) is 11.7. The average molecular weight is 247 g/mol. The van der Waals surface area contributed by atoms with E-state index in [4.69, 9.17) is 11.6 Å². The molecule has 3 rings (SSSR count). The van der Waals surface area contributed by atoms with Gasteiger partial charge in [-0.1, -0.05) is 23.7 Å². The van der Waals surface area contributed by atoms with Crippen LogP contribution in [-0.2, 0) is 0 Å². The summed E-state index contributed by atoms with van der Waals surface area (Å²) in [6.45, 7) is 2.15. The van der Waals surface area contributed by atoms with E-state index >= 15 is 0 Å². The second kappa shape index (κ2) is 4.63. The normalized spacial score (nSPS) is 17.5. The number of rotatable bonds is 1. The molecule has 1 fully saturated rings. The Balaban J connectivity index is 2.15. The number of aromatic nitrogens is 1. The van der Waals surface area contributed by atoms with Gasteiger partial charge in [0.25, 0.3) is 0 Å². The summed E-state index contributed by atoms with van der Waals surface area (Å²) in [7, 11) is 0. The number of hydrogen-bond donors (Lipinski definition) is 1. The van der Waals surface area contributed by atoms with E-state index < -0.39 is 0 Å². The van der Waals surface area contributed by atoms with Gasteiger partial charge in [0.1, 0.15) is 0 Å². The van der Waals surface area contributed by atoms with E-state index in [1.165, 1.54) is 10.9 Å². The fourth-order valence-corrected chi connectivity index (χ4v) is 2.95. The van der Waals surface area contributed by atoms with Crippen molar-refractivity contribution in [2.24, 2.45) is 0 Å². The Labute approximate surface area is 106 Å². The standard InChI is InChI=1S/C14H15ClN2/c15-12-4-3-11-2-1-7-17-14(11)13(12)10-5-8-16-9-6-10/h1-4,7,10,16H,5-6,8-9H2. The Morgan fingerprint density at radius 3 is 2.82 bits per heavy atom. The summed E-state index contributed by atoms with van der Waals surface area (Å²) in [5, 5.41) is 5.44. The van der Waals surface area contributed by atoms with E-state index in [-0.39, 0.29) is 0 Å². The van der Waals surface area contributed by atoms with Gasteiger partial charge in [-0.2, -0.15) is 0 Å². The lowest BCUT2D eigenvalue weighted by molar-refractivity contribution is 0.462. The van der Waals surface area contributed by atoms with Crippen molar-refractivity contribution >= 4 is 22.5 Å². The molecule has 0 saturated carbocycles. The lowest BCUT2D eigenvalue weighted by Gasteiger charge is -2.24. The van der Waals surface area contributed by atoms with E-state index in [0.29, 0.717) is 5.92 Å². The fraction of sp³-hybridized carbons (Fsp3) is 0.357. The first-order chi connectivity index (χ1) is 8.36. The highest BCUT2D eigenvalue weighted by molar-refractivity contribution is 6.32. The number of hydrogen-bond acceptors (Lipinski definition) is 2. The number of piperidine rings is 1. The summed E-state index contributed by atoms with van der Waals surface area (Å²) < 4.78 is 0. The van der Waals surface area contributed by atoms with Crippen LogP contribution in [0.25, 0.3) is 10.9 Å². The fourth-order valence-electron chi connectivity index (χ4n) is 2.64. The average Bonchev–Trinajstić information content (AvgIpc) is 2.39. The van der Waals surface area contributed by atoms with Crippen LogP contribution in [0.5, 0.6) is 0 Å². The Morgan fingerprint density at radius 2 is 2.00 bits per heavy atom. The van der Waals surface area contributed by atoms with Gasteiger partial charge in [-0.05, 0) is 44.0 Å². The van der Waals surface area contributed by atoms with E-state index in [2.05, 4.69) is 22.4 Å². The van der Waals surface area contributed by atoms with Crippen molar-refractivity contribution in [2.45, 2.75) is 18.8 Å². The van der Waals surface area contributed by atoms with Crippen LogP contribution in [-0.4, -0.2) is 18.1 Å².